The first-order chi connectivity index (χ1) is 7.40. The van der Waals surface area contributed by atoms with Gasteiger partial charge in [0.15, 0.2) is 5.69 Å². The SMILES string of the molecule is COC(=O)c1nc(C(F)(F)F)ccc1CBr. The van der Waals surface area contributed by atoms with Crippen molar-refractivity contribution in [1.82, 2.24) is 4.98 Å². The zero-order chi connectivity index (χ0) is 12.3. The van der Waals surface area contributed by atoms with Crippen LogP contribution in [0.4, 0.5) is 13.2 Å². The number of hydrogen-bond acceptors (Lipinski definition) is 3. The minimum atomic E-state index is -4.58. The van der Waals surface area contributed by atoms with Crippen LogP contribution < -0.4 is 0 Å². The maximum absolute atomic E-state index is 12.3. The van der Waals surface area contributed by atoms with Crippen LogP contribution >= 0.6 is 15.9 Å². The molecule has 3 nitrogen and oxygen atoms in total. The second kappa shape index (κ2) is 4.82. The van der Waals surface area contributed by atoms with Crippen molar-refractivity contribution in [2.75, 3.05) is 7.11 Å². The van der Waals surface area contributed by atoms with Gasteiger partial charge in [-0.3, -0.25) is 0 Å². The Balaban J connectivity index is 3.27. The highest BCUT2D eigenvalue weighted by atomic mass is 79.9. The van der Waals surface area contributed by atoms with Gasteiger partial charge in [0.1, 0.15) is 5.69 Å². The average Bonchev–Trinajstić information content (AvgIpc) is 2.25. The number of alkyl halides is 4. The van der Waals surface area contributed by atoms with Crippen molar-refractivity contribution in [1.29, 1.82) is 0 Å². The van der Waals surface area contributed by atoms with Crippen LogP contribution in [0.2, 0.25) is 0 Å². The summed E-state index contributed by atoms with van der Waals surface area (Å²) in [5, 5.41) is 0.225. The molecule has 0 spiro atoms. The van der Waals surface area contributed by atoms with E-state index in [4.69, 9.17) is 0 Å². The Kier molecular flexibility index (Phi) is 3.90. The molecular weight excluding hydrogens is 291 g/mol. The summed E-state index contributed by atoms with van der Waals surface area (Å²) in [7, 11) is 1.09. The maximum Gasteiger partial charge on any atom is 0.433 e. The predicted octanol–water partition coefficient (Wildman–Crippen LogP) is 2.78. The molecule has 0 bridgehead atoms. The lowest BCUT2D eigenvalue weighted by Crippen LogP contribution is -2.14. The zero-order valence-electron chi connectivity index (χ0n) is 8.14. The Labute approximate surface area is 97.8 Å². The number of hydrogen-bond donors (Lipinski definition) is 0. The Morgan fingerprint density at radius 3 is 2.56 bits per heavy atom. The van der Waals surface area contributed by atoms with E-state index >= 15 is 0 Å². The average molecular weight is 298 g/mol. The minimum absolute atomic E-state index is 0.225. The van der Waals surface area contributed by atoms with Crippen LogP contribution in [0.3, 0.4) is 0 Å². The Morgan fingerprint density at radius 1 is 1.50 bits per heavy atom. The molecule has 0 aliphatic heterocycles. The summed E-state index contributed by atoms with van der Waals surface area (Å²) in [5.74, 6) is -0.888. The lowest BCUT2D eigenvalue weighted by Gasteiger charge is -2.09. The highest BCUT2D eigenvalue weighted by Gasteiger charge is 2.33. The van der Waals surface area contributed by atoms with Crippen molar-refractivity contribution in [3.8, 4) is 0 Å². The lowest BCUT2D eigenvalue weighted by atomic mass is 10.2. The molecule has 0 aliphatic rings. The number of pyridine rings is 1. The summed E-state index contributed by atoms with van der Waals surface area (Å²) in [5.41, 5.74) is -1.09. The fraction of sp³-hybridized carbons (Fsp3) is 0.333. The highest BCUT2D eigenvalue weighted by molar-refractivity contribution is 9.08. The van der Waals surface area contributed by atoms with E-state index in [0.29, 0.717) is 5.56 Å². The highest BCUT2D eigenvalue weighted by Crippen LogP contribution is 2.28. The maximum atomic E-state index is 12.3. The molecule has 0 amide bonds. The van der Waals surface area contributed by atoms with E-state index in [1.165, 1.54) is 6.07 Å². The first-order valence-electron chi connectivity index (χ1n) is 4.11. The molecule has 0 radical (unpaired) electrons. The molecule has 1 aromatic heterocycles. The molecule has 0 aliphatic carbocycles. The van der Waals surface area contributed by atoms with E-state index in [-0.39, 0.29) is 11.0 Å². The van der Waals surface area contributed by atoms with Gasteiger partial charge in [-0.05, 0) is 11.6 Å². The van der Waals surface area contributed by atoms with Crippen LogP contribution in [0.15, 0.2) is 12.1 Å². The standard InChI is InChI=1S/C9H7BrF3NO2/c1-16-8(15)7-5(4-10)2-3-6(14-7)9(11,12)13/h2-3H,4H2,1H3. The summed E-state index contributed by atoms with van der Waals surface area (Å²) in [6.45, 7) is 0. The summed E-state index contributed by atoms with van der Waals surface area (Å²) in [6.07, 6.45) is -4.58. The van der Waals surface area contributed by atoms with Gasteiger partial charge in [0.25, 0.3) is 0 Å². The summed E-state index contributed by atoms with van der Waals surface area (Å²) in [4.78, 5) is 14.5. The van der Waals surface area contributed by atoms with E-state index < -0.39 is 17.8 Å². The zero-order valence-corrected chi connectivity index (χ0v) is 9.72. The number of carbonyl (C=O) groups excluding carboxylic acids is 1. The molecule has 7 heteroatoms. The molecule has 0 unspecified atom stereocenters. The number of esters is 1. The molecule has 1 aromatic rings. The second-order valence-electron chi connectivity index (χ2n) is 2.83. The lowest BCUT2D eigenvalue weighted by molar-refractivity contribution is -0.141. The van der Waals surface area contributed by atoms with Crippen molar-refractivity contribution in [3.63, 3.8) is 0 Å². The van der Waals surface area contributed by atoms with Crippen molar-refractivity contribution < 1.29 is 22.7 Å². The van der Waals surface area contributed by atoms with Gasteiger partial charge in [-0.25, -0.2) is 9.78 Å². The number of ether oxygens (including phenoxy) is 1. The molecule has 1 heterocycles. The molecule has 0 fully saturated rings. The van der Waals surface area contributed by atoms with Gasteiger partial charge >= 0.3 is 12.1 Å². The third-order valence-corrected chi connectivity index (χ3v) is 2.40. The molecule has 1 rings (SSSR count). The molecule has 16 heavy (non-hydrogen) atoms. The van der Waals surface area contributed by atoms with E-state index in [0.717, 1.165) is 13.2 Å². The fourth-order valence-electron chi connectivity index (χ4n) is 1.03. The molecule has 0 N–H and O–H groups in total. The van der Waals surface area contributed by atoms with Crippen molar-refractivity contribution in [2.24, 2.45) is 0 Å². The largest absolute Gasteiger partial charge is 0.464 e. The predicted molar refractivity (Wildman–Crippen MR) is 53.2 cm³/mol. The normalized spacial score (nSPS) is 11.3. The van der Waals surface area contributed by atoms with Crippen LogP contribution in [0.25, 0.3) is 0 Å². The number of halogens is 4. The molecule has 0 atom stereocenters. The molecule has 88 valence electrons. The topological polar surface area (TPSA) is 39.2 Å². The van der Waals surface area contributed by atoms with Gasteiger partial charge in [0.05, 0.1) is 7.11 Å². The van der Waals surface area contributed by atoms with E-state index in [9.17, 15) is 18.0 Å². The third-order valence-electron chi connectivity index (χ3n) is 1.79. The van der Waals surface area contributed by atoms with Crippen LogP contribution in [-0.4, -0.2) is 18.1 Å². The molecule has 0 saturated carbocycles. The summed E-state index contributed by atoms with van der Waals surface area (Å²) < 4.78 is 41.4. The smallest absolute Gasteiger partial charge is 0.433 e. The van der Waals surface area contributed by atoms with Gasteiger partial charge in [-0.15, -0.1) is 0 Å². The van der Waals surface area contributed by atoms with Gasteiger partial charge in [0.2, 0.25) is 0 Å². The quantitative estimate of drug-likeness (QED) is 0.622. The van der Waals surface area contributed by atoms with Crippen LogP contribution in [-0.2, 0) is 16.2 Å². The van der Waals surface area contributed by atoms with E-state index in [1.807, 2.05) is 0 Å². The molecular formula is C9H7BrF3NO2. The molecule has 0 aromatic carbocycles. The number of nitrogens with zero attached hydrogens (tertiary/aromatic N) is 1. The second-order valence-corrected chi connectivity index (χ2v) is 3.39. The van der Waals surface area contributed by atoms with Gasteiger partial charge in [-0.1, -0.05) is 22.0 Å². The Hall–Kier alpha value is -1.11. The first kappa shape index (κ1) is 13.0. The monoisotopic (exact) mass is 297 g/mol. The van der Waals surface area contributed by atoms with Crippen LogP contribution in [0.5, 0.6) is 0 Å². The summed E-state index contributed by atoms with van der Waals surface area (Å²) in [6, 6.07) is 2.01. The Morgan fingerprint density at radius 2 is 2.12 bits per heavy atom. The number of methoxy groups -OCH3 is 1. The third kappa shape index (κ3) is 2.72. The van der Waals surface area contributed by atoms with Crippen molar-refractivity contribution >= 4 is 21.9 Å². The van der Waals surface area contributed by atoms with Gasteiger partial charge in [0, 0.05) is 5.33 Å². The van der Waals surface area contributed by atoms with Crippen molar-refractivity contribution in [2.45, 2.75) is 11.5 Å². The fourth-order valence-corrected chi connectivity index (χ4v) is 1.48. The van der Waals surface area contributed by atoms with Gasteiger partial charge in [-0.2, -0.15) is 13.2 Å². The van der Waals surface area contributed by atoms with E-state index in [1.54, 1.807) is 0 Å². The minimum Gasteiger partial charge on any atom is -0.464 e. The number of carbonyl (C=O) groups is 1. The molecule has 0 saturated heterocycles. The Bertz CT molecular complexity index is 406. The van der Waals surface area contributed by atoms with Crippen LogP contribution in [0, 0.1) is 0 Å². The van der Waals surface area contributed by atoms with Gasteiger partial charge < -0.3 is 4.74 Å². The number of rotatable bonds is 2. The van der Waals surface area contributed by atoms with Crippen molar-refractivity contribution in [3.05, 3.63) is 29.1 Å². The van der Waals surface area contributed by atoms with E-state index in [2.05, 4.69) is 25.7 Å². The van der Waals surface area contributed by atoms with Crippen LogP contribution in [0.1, 0.15) is 21.7 Å². The number of aromatic nitrogens is 1. The first-order valence-corrected chi connectivity index (χ1v) is 5.23. The summed E-state index contributed by atoms with van der Waals surface area (Å²) >= 11 is 3.05.